The molecule has 0 unspecified atom stereocenters. The third-order valence-corrected chi connectivity index (χ3v) is 6.43. The summed E-state index contributed by atoms with van der Waals surface area (Å²) >= 11 is 0. The molecule has 4 rings (SSSR count). The molecule has 0 radical (unpaired) electrons. The molecule has 0 spiro atoms. The highest BCUT2D eigenvalue weighted by atomic mass is 19.4. The Kier molecular flexibility index (Phi) is 7.60. The molecular formula is C27H33F3N4O4. The minimum absolute atomic E-state index is 0.0129. The van der Waals surface area contributed by atoms with Crippen molar-refractivity contribution >= 4 is 17.1 Å². The van der Waals surface area contributed by atoms with Crippen LogP contribution in [0.4, 0.5) is 18.0 Å². The number of aryl methyl sites for hydroxylation is 2. The van der Waals surface area contributed by atoms with E-state index in [1.165, 1.54) is 7.11 Å². The second kappa shape index (κ2) is 10.4. The summed E-state index contributed by atoms with van der Waals surface area (Å²) in [6.07, 6.45) is -1.21. The van der Waals surface area contributed by atoms with E-state index < -0.39 is 17.3 Å². The van der Waals surface area contributed by atoms with E-state index in [9.17, 15) is 18.0 Å². The van der Waals surface area contributed by atoms with Gasteiger partial charge in [0.25, 0.3) is 0 Å². The van der Waals surface area contributed by atoms with Crippen LogP contribution in [0, 0.1) is 13.8 Å². The SMILES string of the molecule is COCOc1cc(C(F)(F)F)cc(C)c1-c1cc2c(C)cn([C@@H]3CCCN(C(=O)OC(C)(C)C)C3)c2nn1. The number of benzene rings is 1. The molecule has 1 amide bonds. The van der Waals surface area contributed by atoms with Crippen molar-refractivity contribution in [2.45, 2.75) is 65.3 Å². The van der Waals surface area contributed by atoms with E-state index in [0.29, 0.717) is 35.6 Å². The molecule has 0 bridgehead atoms. The number of rotatable bonds is 5. The van der Waals surface area contributed by atoms with E-state index in [2.05, 4.69) is 10.2 Å². The van der Waals surface area contributed by atoms with Gasteiger partial charge in [-0.3, -0.25) is 0 Å². The van der Waals surface area contributed by atoms with E-state index in [1.54, 1.807) is 11.8 Å². The maximum Gasteiger partial charge on any atom is 0.416 e. The summed E-state index contributed by atoms with van der Waals surface area (Å²) in [5.74, 6) is 0.0187. The van der Waals surface area contributed by atoms with Crippen molar-refractivity contribution in [1.29, 1.82) is 0 Å². The van der Waals surface area contributed by atoms with E-state index in [0.717, 1.165) is 35.9 Å². The van der Waals surface area contributed by atoms with Gasteiger partial charge in [-0.15, -0.1) is 10.2 Å². The summed E-state index contributed by atoms with van der Waals surface area (Å²) in [6.45, 7) is 9.94. The van der Waals surface area contributed by atoms with E-state index in [-0.39, 0.29) is 24.7 Å². The van der Waals surface area contributed by atoms with Crippen LogP contribution in [0.15, 0.2) is 24.4 Å². The predicted octanol–water partition coefficient (Wildman–Crippen LogP) is 6.29. The molecule has 206 valence electrons. The van der Waals surface area contributed by atoms with Crippen molar-refractivity contribution in [3.63, 3.8) is 0 Å². The van der Waals surface area contributed by atoms with Crippen LogP contribution >= 0.6 is 0 Å². The molecule has 3 aromatic rings. The van der Waals surface area contributed by atoms with Gasteiger partial charge in [-0.2, -0.15) is 13.2 Å². The van der Waals surface area contributed by atoms with Crippen LogP contribution in [0.1, 0.15) is 56.3 Å². The van der Waals surface area contributed by atoms with Crippen molar-refractivity contribution in [2.75, 3.05) is 27.0 Å². The first-order valence-corrected chi connectivity index (χ1v) is 12.4. The van der Waals surface area contributed by atoms with E-state index in [1.807, 2.05) is 44.5 Å². The van der Waals surface area contributed by atoms with Crippen molar-refractivity contribution in [3.05, 3.63) is 41.1 Å². The number of likely N-dealkylation sites (tertiary alicyclic amines) is 1. The highest BCUT2D eigenvalue weighted by molar-refractivity contribution is 5.85. The molecule has 1 aliphatic rings. The molecular weight excluding hydrogens is 501 g/mol. The minimum Gasteiger partial charge on any atom is -0.467 e. The van der Waals surface area contributed by atoms with Gasteiger partial charge in [0.2, 0.25) is 0 Å². The summed E-state index contributed by atoms with van der Waals surface area (Å²) in [5.41, 5.74) is 1.37. The molecule has 0 N–H and O–H groups in total. The number of nitrogens with zero attached hydrogens (tertiary/aromatic N) is 4. The fourth-order valence-corrected chi connectivity index (χ4v) is 4.76. The molecule has 38 heavy (non-hydrogen) atoms. The Labute approximate surface area is 219 Å². The Morgan fingerprint density at radius 3 is 2.50 bits per heavy atom. The zero-order valence-corrected chi connectivity index (χ0v) is 22.5. The summed E-state index contributed by atoms with van der Waals surface area (Å²) in [7, 11) is 1.40. The lowest BCUT2D eigenvalue weighted by Gasteiger charge is -2.34. The van der Waals surface area contributed by atoms with Crippen LogP contribution in [0.25, 0.3) is 22.3 Å². The lowest BCUT2D eigenvalue weighted by molar-refractivity contribution is -0.137. The molecule has 11 heteroatoms. The quantitative estimate of drug-likeness (QED) is 0.358. The lowest BCUT2D eigenvalue weighted by atomic mass is 9.99. The number of carbonyl (C=O) groups excluding carboxylic acids is 1. The highest BCUT2D eigenvalue weighted by Gasteiger charge is 2.33. The molecule has 8 nitrogen and oxygen atoms in total. The predicted molar refractivity (Wildman–Crippen MR) is 136 cm³/mol. The fourth-order valence-electron chi connectivity index (χ4n) is 4.76. The third kappa shape index (κ3) is 5.87. The molecule has 0 saturated carbocycles. The number of ether oxygens (including phenoxy) is 3. The molecule has 1 atom stereocenters. The first-order valence-electron chi connectivity index (χ1n) is 12.4. The summed E-state index contributed by atoms with van der Waals surface area (Å²) in [5, 5.41) is 9.70. The number of methoxy groups -OCH3 is 1. The number of alkyl halides is 3. The maximum atomic E-state index is 13.5. The number of halogens is 3. The average molecular weight is 535 g/mol. The topological polar surface area (TPSA) is 78.7 Å². The Balaban J connectivity index is 1.70. The smallest absolute Gasteiger partial charge is 0.416 e. The maximum absolute atomic E-state index is 13.5. The molecule has 0 aliphatic carbocycles. The summed E-state index contributed by atoms with van der Waals surface area (Å²) < 4.78 is 58.4. The molecule has 2 aromatic heterocycles. The van der Waals surface area contributed by atoms with Gasteiger partial charge < -0.3 is 23.7 Å². The van der Waals surface area contributed by atoms with Gasteiger partial charge in [0.05, 0.1) is 17.3 Å². The minimum atomic E-state index is -4.52. The third-order valence-electron chi connectivity index (χ3n) is 6.43. The van der Waals surface area contributed by atoms with Crippen molar-refractivity contribution < 1.29 is 32.2 Å². The Morgan fingerprint density at radius 1 is 1.11 bits per heavy atom. The Hall–Kier alpha value is -3.34. The fraction of sp³-hybridized carbons (Fsp3) is 0.519. The number of aromatic nitrogens is 3. The number of piperidine rings is 1. The summed E-state index contributed by atoms with van der Waals surface area (Å²) in [4.78, 5) is 14.4. The van der Waals surface area contributed by atoms with Gasteiger partial charge >= 0.3 is 12.3 Å². The first-order chi connectivity index (χ1) is 17.8. The Morgan fingerprint density at radius 2 is 1.84 bits per heavy atom. The van der Waals surface area contributed by atoms with Crippen LogP contribution in [-0.4, -0.2) is 58.4 Å². The number of hydrogen-bond donors (Lipinski definition) is 0. The Bertz CT molecular complexity index is 1330. The lowest BCUT2D eigenvalue weighted by Crippen LogP contribution is -2.43. The normalized spacial score (nSPS) is 16.7. The van der Waals surface area contributed by atoms with Gasteiger partial charge in [0.15, 0.2) is 12.4 Å². The van der Waals surface area contributed by atoms with Gasteiger partial charge in [0, 0.05) is 37.3 Å². The standard InChI is InChI=1S/C27H33F3N4O4/c1-16-10-18(27(28,29)30)11-22(37-15-36-6)23(16)21-12-20-17(2)13-34(24(20)32-31-21)19-8-7-9-33(14-19)25(35)38-26(3,4)5/h10-13,19H,7-9,14-15H2,1-6H3/t19-/m1/s1. The number of carbonyl (C=O) groups is 1. The molecule has 3 heterocycles. The van der Waals surface area contributed by atoms with Crippen LogP contribution < -0.4 is 4.74 Å². The highest BCUT2D eigenvalue weighted by Crippen LogP contribution is 2.40. The average Bonchev–Trinajstić information content (AvgIpc) is 3.16. The molecule has 1 aromatic carbocycles. The second-order valence-corrected chi connectivity index (χ2v) is 10.6. The van der Waals surface area contributed by atoms with Crippen LogP contribution in [-0.2, 0) is 15.7 Å². The second-order valence-electron chi connectivity index (χ2n) is 10.6. The monoisotopic (exact) mass is 534 g/mol. The van der Waals surface area contributed by atoms with Crippen molar-refractivity contribution in [3.8, 4) is 17.0 Å². The zero-order chi connectivity index (χ0) is 27.8. The van der Waals surface area contributed by atoms with E-state index in [4.69, 9.17) is 14.2 Å². The largest absolute Gasteiger partial charge is 0.467 e. The zero-order valence-electron chi connectivity index (χ0n) is 22.5. The summed E-state index contributed by atoms with van der Waals surface area (Å²) in [6, 6.07) is 3.84. The van der Waals surface area contributed by atoms with Gasteiger partial charge in [-0.25, -0.2) is 4.79 Å². The number of hydrogen-bond acceptors (Lipinski definition) is 6. The van der Waals surface area contributed by atoms with Gasteiger partial charge in [-0.1, -0.05) is 0 Å². The first kappa shape index (κ1) is 27.7. The van der Waals surface area contributed by atoms with Crippen LogP contribution in [0.5, 0.6) is 5.75 Å². The van der Waals surface area contributed by atoms with Gasteiger partial charge in [-0.05, 0) is 76.8 Å². The number of fused-ring (bicyclic) bond motifs is 1. The number of amides is 1. The van der Waals surface area contributed by atoms with Crippen LogP contribution in [0.3, 0.4) is 0 Å². The van der Waals surface area contributed by atoms with Gasteiger partial charge in [0.1, 0.15) is 11.4 Å². The van der Waals surface area contributed by atoms with Crippen molar-refractivity contribution in [2.24, 2.45) is 0 Å². The van der Waals surface area contributed by atoms with Crippen LogP contribution in [0.2, 0.25) is 0 Å². The van der Waals surface area contributed by atoms with E-state index >= 15 is 0 Å². The molecule has 1 fully saturated rings. The van der Waals surface area contributed by atoms with Crippen molar-refractivity contribution in [1.82, 2.24) is 19.7 Å². The molecule has 1 saturated heterocycles. The molecule has 1 aliphatic heterocycles.